The highest BCUT2D eigenvalue weighted by atomic mass is 16.6. The summed E-state index contributed by atoms with van der Waals surface area (Å²) >= 11 is 0. The number of nitrogen functional groups attached to an aromatic ring is 1. The standard InChI is InChI=1S/C8H12N6O3/c1-13(4-6(9)15)8-3-5(14(16)17)2-7(11-8)12-10/h2-3H,4,10H2,1H3,(H2,9,15)(H,11,12). The van der Waals surface area contributed by atoms with Crippen LogP contribution in [0.4, 0.5) is 17.3 Å². The van der Waals surface area contributed by atoms with Gasteiger partial charge in [0.15, 0.2) is 0 Å². The Morgan fingerprint density at radius 3 is 2.76 bits per heavy atom. The van der Waals surface area contributed by atoms with Crippen molar-refractivity contribution in [3.8, 4) is 0 Å². The highest BCUT2D eigenvalue weighted by Gasteiger charge is 2.14. The first-order valence-corrected chi connectivity index (χ1v) is 4.56. The second kappa shape index (κ2) is 5.07. The lowest BCUT2D eigenvalue weighted by Gasteiger charge is -2.16. The molecular formula is C8H12N6O3. The zero-order valence-corrected chi connectivity index (χ0v) is 9.08. The van der Waals surface area contributed by atoms with Crippen LogP contribution >= 0.6 is 0 Å². The summed E-state index contributed by atoms with van der Waals surface area (Å²) < 4.78 is 0. The Morgan fingerprint density at radius 1 is 1.65 bits per heavy atom. The molecule has 1 rings (SSSR count). The average molecular weight is 240 g/mol. The number of aromatic nitrogens is 1. The van der Waals surface area contributed by atoms with Crippen molar-refractivity contribution in [2.75, 3.05) is 23.9 Å². The molecule has 0 spiro atoms. The second-order valence-electron chi connectivity index (χ2n) is 3.29. The number of primary amides is 1. The summed E-state index contributed by atoms with van der Waals surface area (Å²) in [6, 6.07) is 2.41. The van der Waals surface area contributed by atoms with Gasteiger partial charge in [-0.25, -0.2) is 10.8 Å². The van der Waals surface area contributed by atoms with Gasteiger partial charge in [-0.05, 0) is 0 Å². The van der Waals surface area contributed by atoms with E-state index in [1.54, 1.807) is 0 Å². The quantitative estimate of drug-likeness (QED) is 0.347. The summed E-state index contributed by atoms with van der Waals surface area (Å²) in [7, 11) is 1.54. The summed E-state index contributed by atoms with van der Waals surface area (Å²) in [6.45, 7) is -0.0990. The fraction of sp³-hybridized carbons (Fsp3) is 0.250. The number of nitrogens with two attached hydrogens (primary N) is 2. The largest absolute Gasteiger partial charge is 0.368 e. The van der Waals surface area contributed by atoms with Crippen LogP contribution in [-0.2, 0) is 4.79 Å². The number of likely N-dealkylation sites (N-methyl/N-ethyl adjacent to an activating group) is 1. The molecule has 0 fully saturated rings. The summed E-state index contributed by atoms with van der Waals surface area (Å²) in [5.41, 5.74) is 7.05. The molecule has 0 aliphatic rings. The molecule has 0 aliphatic heterocycles. The van der Waals surface area contributed by atoms with Gasteiger partial charge < -0.3 is 16.1 Å². The highest BCUT2D eigenvalue weighted by Crippen LogP contribution is 2.21. The van der Waals surface area contributed by atoms with E-state index < -0.39 is 10.8 Å². The zero-order valence-electron chi connectivity index (χ0n) is 9.08. The summed E-state index contributed by atoms with van der Waals surface area (Å²) in [5, 5.41) is 10.7. The number of rotatable bonds is 5. The molecule has 0 aliphatic carbocycles. The van der Waals surface area contributed by atoms with Crippen LogP contribution in [-0.4, -0.2) is 29.4 Å². The number of carbonyl (C=O) groups is 1. The molecule has 0 radical (unpaired) electrons. The van der Waals surface area contributed by atoms with Gasteiger partial charge >= 0.3 is 0 Å². The van der Waals surface area contributed by atoms with E-state index in [4.69, 9.17) is 11.6 Å². The first kappa shape index (κ1) is 12.6. The lowest BCUT2D eigenvalue weighted by Crippen LogP contribution is -2.31. The van der Waals surface area contributed by atoms with E-state index in [-0.39, 0.29) is 23.9 Å². The van der Waals surface area contributed by atoms with Crippen LogP contribution in [0.1, 0.15) is 0 Å². The van der Waals surface area contributed by atoms with E-state index in [1.165, 1.54) is 24.1 Å². The Hall–Kier alpha value is -2.42. The zero-order chi connectivity index (χ0) is 13.0. The van der Waals surface area contributed by atoms with E-state index in [1.807, 2.05) is 0 Å². The van der Waals surface area contributed by atoms with Crippen molar-refractivity contribution < 1.29 is 9.72 Å². The molecule has 0 saturated heterocycles. The maximum absolute atomic E-state index is 10.7. The van der Waals surface area contributed by atoms with Crippen LogP contribution in [0.2, 0.25) is 0 Å². The van der Waals surface area contributed by atoms with E-state index in [0.717, 1.165) is 0 Å². The Morgan fingerprint density at radius 2 is 2.29 bits per heavy atom. The first-order chi connectivity index (χ1) is 7.93. The van der Waals surface area contributed by atoms with Gasteiger partial charge in [-0.3, -0.25) is 14.9 Å². The predicted molar refractivity (Wildman–Crippen MR) is 61.2 cm³/mol. The lowest BCUT2D eigenvalue weighted by molar-refractivity contribution is -0.384. The maximum Gasteiger partial charge on any atom is 0.276 e. The van der Waals surface area contributed by atoms with Crippen LogP contribution in [0.3, 0.4) is 0 Å². The minimum Gasteiger partial charge on any atom is -0.368 e. The van der Waals surface area contributed by atoms with Crippen molar-refractivity contribution in [2.45, 2.75) is 0 Å². The van der Waals surface area contributed by atoms with Gasteiger partial charge in [0.05, 0.1) is 23.6 Å². The number of amides is 1. The van der Waals surface area contributed by atoms with Crippen molar-refractivity contribution in [3.63, 3.8) is 0 Å². The molecule has 17 heavy (non-hydrogen) atoms. The smallest absolute Gasteiger partial charge is 0.276 e. The Bertz CT molecular complexity index is 449. The van der Waals surface area contributed by atoms with E-state index in [9.17, 15) is 14.9 Å². The molecule has 1 aromatic rings. The van der Waals surface area contributed by atoms with Crippen molar-refractivity contribution in [2.24, 2.45) is 11.6 Å². The van der Waals surface area contributed by atoms with Crippen LogP contribution in [0.15, 0.2) is 12.1 Å². The minimum atomic E-state index is -0.579. The lowest BCUT2D eigenvalue weighted by atomic mass is 10.3. The molecule has 0 aromatic carbocycles. The fourth-order valence-electron chi connectivity index (χ4n) is 1.19. The molecule has 9 nitrogen and oxygen atoms in total. The number of pyridine rings is 1. The van der Waals surface area contributed by atoms with E-state index in [2.05, 4.69) is 10.4 Å². The Balaban J connectivity index is 3.10. The van der Waals surface area contributed by atoms with Crippen LogP contribution in [0.25, 0.3) is 0 Å². The molecule has 0 unspecified atom stereocenters. The molecule has 1 heterocycles. The molecule has 92 valence electrons. The number of hydrogen-bond acceptors (Lipinski definition) is 7. The number of hydrazine groups is 1. The van der Waals surface area contributed by atoms with Gasteiger partial charge in [-0.15, -0.1) is 0 Å². The average Bonchev–Trinajstić information content (AvgIpc) is 2.27. The number of nitrogens with one attached hydrogen (secondary N) is 1. The van der Waals surface area contributed by atoms with Crippen LogP contribution in [0.5, 0.6) is 0 Å². The number of hydrogen-bond donors (Lipinski definition) is 3. The van der Waals surface area contributed by atoms with Crippen molar-refractivity contribution in [1.82, 2.24) is 4.98 Å². The topological polar surface area (TPSA) is 140 Å². The van der Waals surface area contributed by atoms with Gasteiger partial charge in [0.2, 0.25) is 5.91 Å². The molecule has 0 saturated carbocycles. The Kier molecular flexibility index (Phi) is 3.78. The van der Waals surface area contributed by atoms with Gasteiger partial charge in [-0.2, -0.15) is 0 Å². The minimum absolute atomic E-state index is 0.0990. The Labute approximate surface area is 96.5 Å². The van der Waals surface area contributed by atoms with Gasteiger partial charge in [-0.1, -0.05) is 0 Å². The molecular weight excluding hydrogens is 228 g/mol. The number of nitro groups is 1. The monoisotopic (exact) mass is 240 g/mol. The third-order valence-corrected chi connectivity index (χ3v) is 1.94. The molecule has 1 amide bonds. The third-order valence-electron chi connectivity index (χ3n) is 1.94. The third kappa shape index (κ3) is 3.28. The maximum atomic E-state index is 10.7. The fourth-order valence-corrected chi connectivity index (χ4v) is 1.19. The molecule has 5 N–H and O–H groups in total. The molecule has 1 aromatic heterocycles. The predicted octanol–water partition coefficient (Wildman–Crippen LogP) is -0.803. The van der Waals surface area contributed by atoms with Crippen LogP contribution < -0.4 is 21.9 Å². The molecule has 0 bridgehead atoms. The van der Waals surface area contributed by atoms with Crippen molar-refractivity contribution in [1.29, 1.82) is 0 Å². The van der Waals surface area contributed by atoms with E-state index >= 15 is 0 Å². The first-order valence-electron chi connectivity index (χ1n) is 4.56. The van der Waals surface area contributed by atoms with Gasteiger partial charge in [0, 0.05) is 7.05 Å². The highest BCUT2D eigenvalue weighted by molar-refractivity contribution is 5.79. The second-order valence-corrected chi connectivity index (χ2v) is 3.29. The normalized spacial score (nSPS) is 9.76. The summed E-state index contributed by atoms with van der Waals surface area (Å²) in [5.74, 6) is 4.94. The van der Waals surface area contributed by atoms with Gasteiger partial charge in [0.25, 0.3) is 5.69 Å². The number of anilines is 2. The number of carbonyl (C=O) groups excluding carboxylic acids is 1. The van der Waals surface area contributed by atoms with Crippen molar-refractivity contribution >= 4 is 23.2 Å². The SMILES string of the molecule is CN(CC(N)=O)c1cc([N+](=O)[O-])cc(NN)n1. The van der Waals surface area contributed by atoms with E-state index in [0.29, 0.717) is 0 Å². The van der Waals surface area contributed by atoms with Crippen molar-refractivity contribution in [3.05, 3.63) is 22.2 Å². The summed E-state index contributed by atoms with van der Waals surface area (Å²) in [4.78, 5) is 26.2. The summed E-state index contributed by atoms with van der Waals surface area (Å²) in [6.07, 6.45) is 0. The molecule has 0 atom stereocenters. The molecule has 9 heteroatoms. The van der Waals surface area contributed by atoms with Gasteiger partial charge in [0.1, 0.15) is 11.6 Å². The number of nitrogens with zero attached hydrogens (tertiary/aromatic N) is 3. The van der Waals surface area contributed by atoms with Crippen LogP contribution in [0, 0.1) is 10.1 Å².